The highest BCUT2D eigenvalue weighted by Gasteiger charge is 2.46. The molecule has 6 nitrogen and oxygen atoms in total. The molecule has 1 aliphatic carbocycles. The number of carbonyl (C=O) groups excluding carboxylic acids is 1. The van der Waals surface area contributed by atoms with Crippen LogP contribution >= 0.6 is 0 Å². The summed E-state index contributed by atoms with van der Waals surface area (Å²) >= 11 is 0. The van der Waals surface area contributed by atoms with E-state index in [-0.39, 0.29) is 29.9 Å². The van der Waals surface area contributed by atoms with Crippen LogP contribution in [0.15, 0.2) is 0 Å². The maximum atomic E-state index is 11.6. The molecule has 1 saturated carbocycles. The Morgan fingerprint density at radius 1 is 1.33 bits per heavy atom. The summed E-state index contributed by atoms with van der Waals surface area (Å²) in [6.45, 7) is 0.320. The second-order valence-electron chi connectivity index (χ2n) is 5.09. The highest BCUT2D eigenvalue weighted by atomic mass is 32.2. The number of hydrogen-bond acceptors (Lipinski definition) is 4. The van der Waals surface area contributed by atoms with Gasteiger partial charge in [-0.05, 0) is 24.7 Å². The van der Waals surface area contributed by atoms with Gasteiger partial charge < -0.3 is 10.4 Å². The maximum absolute atomic E-state index is 11.6. The summed E-state index contributed by atoms with van der Waals surface area (Å²) in [6.07, 6.45) is 3.34. The summed E-state index contributed by atoms with van der Waals surface area (Å²) in [5, 5.41) is 11.0. The van der Waals surface area contributed by atoms with Crippen LogP contribution in [0.25, 0.3) is 0 Å². The lowest BCUT2D eigenvalue weighted by atomic mass is 10.1. The summed E-state index contributed by atoms with van der Waals surface area (Å²) < 4.78 is 22.4. The monoisotopic (exact) mass is 277 g/mol. The van der Waals surface area contributed by atoms with Crippen molar-refractivity contribution in [2.45, 2.75) is 32.1 Å². The van der Waals surface area contributed by atoms with E-state index in [1.54, 1.807) is 0 Å². The topological polar surface area (TPSA) is 101 Å². The minimum absolute atomic E-state index is 0.0226. The molecule has 0 spiro atoms. The molecule has 0 aromatic carbocycles. The number of rotatable bonds is 8. The third kappa shape index (κ3) is 6.00. The van der Waals surface area contributed by atoms with Gasteiger partial charge in [-0.15, -0.1) is 0 Å². The van der Waals surface area contributed by atoms with Gasteiger partial charge in [-0.2, -0.15) is 0 Å². The van der Waals surface area contributed by atoms with E-state index in [4.69, 9.17) is 5.11 Å². The molecule has 0 aromatic heterocycles. The van der Waals surface area contributed by atoms with Gasteiger partial charge in [0.25, 0.3) is 0 Å². The second kappa shape index (κ2) is 5.69. The van der Waals surface area contributed by atoms with E-state index >= 15 is 0 Å². The molecule has 1 amide bonds. The number of amides is 1. The highest BCUT2D eigenvalue weighted by Crippen LogP contribution is 2.49. The van der Waals surface area contributed by atoms with Gasteiger partial charge in [0.2, 0.25) is 5.91 Å². The van der Waals surface area contributed by atoms with Crippen molar-refractivity contribution in [2.75, 3.05) is 18.6 Å². The Morgan fingerprint density at radius 2 is 1.94 bits per heavy atom. The molecule has 7 heteroatoms. The number of hydrogen-bond donors (Lipinski definition) is 2. The Balaban J connectivity index is 2.26. The van der Waals surface area contributed by atoms with Crippen molar-refractivity contribution in [1.29, 1.82) is 0 Å². The summed E-state index contributed by atoms with van der Waals surface area (Å²) in [4.78, 5) is 21.8. The lowest BCUT2D eigenvalue weighted by molar-refractivity contribution is -0.137. The minimum atomic E-state index is -3.06. The van der Waals surface area contributed by atoms with E-state index in [1.807, 2.05) is 0 Å². The number of carboxylic acids is 1. The quantitative estimate of drug-likeness (QED) is 0.616. The van der Waals surface area contributed by atoms with Crippen molar-refractivity contribution in [3.8, 4) is 0 Å². The first kappa shape index (κ1) is 14.9. The van der Waals surface area contributed by atoms with Gasteiger partial charge in [0.05, 0.1) is 5.75 Å². The van der Waals surface area contributed by atoms with E-state index in [2.05, 4.69) is 5.32 Å². The molecular formula is C11H19NO5S. The average Bonchev–Trinajstić information content (AvgIpc) is 2.89. The Bertz CT molecular complexity index is 425. The van der Waals surface area contributed by atoms with Crippen LogP contribution in [0.2, 0.25) is 0 Å². The molecule has 0 aromatic rings. The van der Waals surface area contributed by atoms with Gasteiger partial charge in [-0.1, -0.05) is 0 Å². The molecule has 0 radical (unpaired) electrons. The van der Waals surface area contributed by atoms with Crippen LogP contribution < -0.4 is 5.32 Å². The zero-order valence-corrected chi connectivity index (χ0v) is 11.3. The van der Waals surface area contributed by atoms with Crippen molar-refractivity contribution < 1.29 is 23.1 Å². The molecule has 18 heavy (non-hydrogen) atoms. The Kier molecular flexibility index (Phi) is 4.72. The number of aliphatic carboxylic acids is 1. The molecule has 0 bridgehead atoms. The first-order valence-electron chi connectivity index (χ1n) is 5.89. The normalized spacial score (nSPS) is 17.2. The fourth-order valence-electron chi connectivity index (χ4n) is 1.98. The van der Waals surface area contributed by atoms with E-state index in [9.17, 15) is 18.0 Å². The minimum Gasteiger partial charge on any atom is -0.481 e. The van der Waals surface area contributed by atoms with Gasteiger partial charge >= 0.3 is 5.97 Å². The lowest BCUT2D eigenvalue weighted by Gasteiger charge is -2.13. The zero-order chi connectivity index (χ0) is 13.8. The number of carboxylic acid groups (broad SMARTS) is 1. The predicted octanol–water partition coefficient (Wildman–Crippen LogP) is 0.182. The number of sulfone groups is 1. The smallest absolute Gasteiger partial charge is 0.303 e. The van der Waals surface area contributed by atoms with Gasteiger partial charge in [-0.3, -0.25) is 9.59 Å². The van der Waals surface area contributed by atoms with Crippen LogP contribution in [0.1, 0.15) is 32.1 Å². The molecule has 1 rings (SSSR count). The Labute approximate surface area is 107 Å². The molecule has 0 atom stereocenters. The molecule has 0 saturated heterocycles. The molecule has 104 valence electrons. The largest absolute Gasteiger partial charge is 0.481 e. The van der Waals surface area contributed by atoms with Crippen LogP contribution in [0.5, 0.6) is 0 Å². The zero-order valence-electron chi connectivity index (χ0n) is 10.4. The van der Waals surface area contributed by atoms with Crippen molar-refractivity contribution in [2.24, 2.45) is 5.41 Å². The first-order chi connectivity index (χ1) is 8.22. The molecule has 2 N–H and O–H groups in total. The van der Waals surface area contributed by atoms with E-state index in [1.165, 1.54) is 6.26 Å². The Hall–Kier alpha value is -1.11. The third-order valence-electron chi connectivity index (χ3n) is 2.95. The van der Waals surface area contributed by atoms with E-state index < -0.39 is 15.8 Å². The molecule has 1 fully saturated rings. The molecule has 0 heterocycles. The highest BCUT2D eigenvalue weighted by molar-refractivity contribution is 7.90. The van der Waals surface area contributed by atoms with Crippen molar-refractivity contribution >= 4 is 21.7 Å². The predicted molar refractivity (Wildman–Crippen MR) is 65.9 cm³/mol. The van der Waals surface area contributed by atoms with Gasteiger partial charge in [0.15, 0.2) is 0 Å². The SMILES string of the molecule is CS(=O)(=O)CC1(CC(=O)NCCCC(=O)O)CC1. The number of nitrogens with one attached hydrogen (secondary N) is 1. The van der Waals surface area contributed by atoms with Gasteiger partial charge in [0.1, 0.15) is 9.84 Å². The van der Waals surface area contributed by atoms with Crippen LogP contribution in [0.4, 0.5) is 0 Å². The summed E-state index contributed by atoms with van der Waals surface area (Å²) in [5.41, 5.74) is -0.371. The number of carbonyl (C=O) groups is 2. The summed E-state index contributed by atoms with van der Waals surface area (Å²) in [6, 6.07) is 0. The molecule has 0 aliphatic heterocycles. The fraction of sp³-hybridized carbons (Fsp3) is 0.818. The van der Waals surface area contributed by atoms with Gasteiger partial charge in [-0.25, -0.2) is 8.42 Å². The second-order valence-corrected chi connectivity index (χ2v) is 7.23. The Morgan fingerprint density at radius 3 is 2.39 bits per heavy atom. The molecule has 0 unspecified atom stereocenters. The van der Waals surface area contributed by atoms with Crippen LogP contribution in [-0.4, -0.2) is 44.0 Å². The van der Waals surface area contributed by atoms with Gasteiger partial charge in [0, 0.05) is 25.6 Å². The first-order valence-corrected chi connectivity index (χ1v) is 7.95. The summed E-state index contributed by atoms with van der Waals surface area (Å²) in [5.74, 6) is -1.02. The third-order valence-corrected chi connectivity index (χ3v) is 4.09. The summed E-state index contributed by atoms with van der Waals surface area (Å²) in [7, 11) is -3.06. The van der Waals surface area contributed by atoms with Crippen LogP contribution in [-0.2, 0) is 19.4 Å². The van der Waals surface area contributed by atoms with Crippen molar-refractivity contribution in [1.82, 2.24) is 5.32 Å². The van der Waals surface area contributed by atoms with E-state index in [0.717, 1.165) is 12.8 Å². The van der Waals surface area contributed by atoms with Crippen LogP contribution in [0, 0.1) is 5.41 Å². The van der Waals surface area contributed by atoms with Crippen LogP contribution in [0.3, 0.4) is 0 Å². The molecular weight excluding hydrogens is 258 g/mol. The van der Waals surface area contributed by atoms with Crippen molar-refractivity contribution in [3.05, 3.63) is 0 Å². The van der Waals surface area contributed by atoms with Crippen molar-refractivity contribution in [3.63, 3.8) is 0 Å². The lowest BCUT2D eigenvalue weighted by Crippen LogP contribution is -2.29. The maximum Gasteiger partial charge on any atom is 0.303 e. The van der Waals surface area contributed by atoms with E-state index in [0.29, 0.717) is 13.0 Å². The standard InChI is InChI=1S/C11H19NO5S/c1-18(16,17)8-11(4-5-11)7-9(13)12-6-2-3-10(14)15/h2-8H2,1H3,(H,12,13)(H,14,15). The fourth-order valence-corrected chi connectivity index (χ4v) is 3.48. The molecule has 1 aliphatic rings. The average molecular weight is 277 g/mol.